The number of fused-ring (bicyclic) bond motifs is 1. The van der Waals surface area contributed by atoms with Gasteiger partial charge in [0.15, 0.2) is 0 Å². The summed E-state index contributed by atoms with van der Waals surface area (Å²) in [6.45, 7) is 16.0. The Morgan fingerprint density at radius 2 is 1.69 bits per heavy atom. The fraction of sp³-hybridized carbons (Fsp3) is 0.607. The van der Waals surface area contributed by atoms with Gasteiger partial charge in [-0.05, 0) is 62.3 Å². The van der Waals surface area contributed by atoms with Gasteiger partial charge in [-0.1, -0.05) is 46.8 Å². The lowest BCUT2D eigenvalue weighted by Crippen LogP contribution is -2.53. The number of β-amino-alcohol motifs (C(OH)–C–C–N with tert-alkyl or cyclic N) is 1. The van der Waals surface area contributed by atoms with Gasteiger partial charge in [0, 0.05) is 17.8 Å². The molecule has 8 heteroatoms. The van der Waals surface area contributed by atoms with E-state index in [1.165, 1.54) is 4.90 Å². The average molecular weight is 500 g/mol. The monoisotopic (exact) mass is 499 g/mol. The van der Waals surface area contributed by atoms with E-state index < -0.39 is 29.9 Å². The molecule has 1 aromatic rings. The van der Waals surface area contributed by atoms with Gasteiger partial charge < -0.3 is 20.1 Å². The van der Waals surface area contributed by atoms with Crippen LogP contribution in [0.3, 0.4) is 0 Å². The van der Waals surface area contributed by atoms with Crippen LogP contribution in [0.25, 0.3) is 0 Å². The minimum atomic E-state index is -0.935. The van der Waals surface area contributed by atoms with Crippen LogP contribution in [0.5, 0.6) is 0 Å². The Labute approximate surface area is 214 Å². The molecular formula is C28H41N3O5. The summed E-state index contributed by atoms with van der Waals surface area (Å²) in [5.41, 5.74) is 1.47. The van der Waals surface area contributed by atoms with Crippen LogP contribution >= 0.6 is 0 Å². The molecule has 2 unspecified atom stereocenters. The highest BCUT2D eigenvalue weighted by molar-refractivity contribution is 5.97. The molecule has 8 nitrogen and oxygen atoms in total. The highest BCUT2D eigenvalue weighted by Gasteiger charge is 2.48. The van der Waals surface area contributed by atoms with Crippen LogP contribution < -0.4 is 5.32 Å². The van der Waals surface area contributed by atoms with E-state index in [0.717, 1.165) is 5.56 Å². The van der Waals surface area contributed by atoms with E-state index in [4.69, 9.17) is 4.74 Å². The summed E-state index contributed by atoms with van der Waals surface area (Å²) in [6, 6.07) is 6.03. The predicted octanol–water partition coefficient (Wildman–Crippen LogP) is 3.83. The van der Waals surface area contributed by atoms with E-state index in [-0.39, 0.29) is 36.2 Å². The van der Waals surface area contributed by atoms with Crippen molar-refractivity contribution in [2.45, 2.75) is 91.0 Å². The second-order valence-electron chi connectivity index (χ2n) is 12.2. The number of ether oxygens (including phenoxy) is 1. The maximum Gasteiger partial charge on any atom is 0.414 e. The Kier molecular flexibility index (Phi) is 7.89. The van der Waals surface area contributed by atoms with Gasteiger partial charge in [-0.25, -0.2) is 4.79 Å². The maximum absolute atomic E-state index is 13.7. The second-order valence-corrected chi connectivity index (χ2v) is 12.2. The first-order chi connectivity index (χ1) is 16.6. The zero-order valence-corrected chi connectivity index (χ0v) is 22.8. The van der Waals surface area contributed by atoms with Crippen molar-refractivity contribution in [3.05, 3.63) is 47.2 Å². The topological polar surface area (TPSA) is 99.2 Å². The van der Waals surface area contributed by atoms with Gasteiger partial charge in [0.2, 0.25) is 5.91 Å². The molecular weight excluding hydrogens is 458 g/mol. The third-order valence-corrected chi connectivity index (χ3v) is 6.40. The number of aliphatic hydroxyl groups is 1. The normalized spacial score (nSPS) is 20.8. The van der Waals surface area contributed by atoms with Gasteiger partial charge in [0.05, 0.1) is 12.6 Å². The van der Waals surface area contributed by atoms with E-state index in [0.29, 0.717) is 17.7 Å². The van der Waals surface area contributed by atoms with E-state index in [1.54, 1.807) is 43.9 Å². The van der Waals surface area contributed by atoms with Gasteiger partial charge in [-0.3, -0.25) is 14.5 Å². The fourth-order valence-corrected chi connectivity index (χ4v) is 4.63. The Morgan fingerprint density at radius 1 is 1.08 bits per heavy atom. The molecule has 2 aliphatic heterocycles. The van der Waals surface area contributed by atoms with E-state index in [1.807, 2.05) is 26.0 Å². The Balaban J connectivity index is 1.75. The van der Waals surface area contributed by atoms with E-state index in [9.17, 15) is 19.5 Å². The molecule has 1 saturated heterocycles. The van der Waals surface area contributed by atoms with Gasteiger partial charge in [-0.2, -0.15) is 0 Å². The fourth-order valence-electron chi connectivity index (χ4n) is 4.63. The number of likely N-dealkylation sites (tertiary alicyclic amines) is 1. The first-order valence-electron chi connectivity index (χ1n) is 12.7. The molecule has 2 N–H and O–H groups in total. The average Bonchev–Trinajstić information content (AvgIpc) is 3.32. The Morgan fingerprint density at radius 3 is 2.22 bits per heavy atom. The first-order valence-corrected chi connectivity index (χ1v) is 12.7. The molecule has 0 bridgehead atoms. The molecule has 0 aliphatic carbocycles. The molecule has 3 amide bonds. The van der Waals surface area contributed by atoms with Crippen molar-refractivity contribution < 1.29 is 24.2 Å². The molecule has 0 saturated carbocycles. The van der Waals surface area contributed by atoms with Gasteiger partial charge in [0.1, 0.15) is 17.7 Å². The molecule has 0 aromatic heterocycles. The lowest BCUT2D eigenvalue weighted by Gasteiger charge is -2.30. The predicted molar refractivity (Wildman–Crippen MR) is 138 cm³/mol. The molecule has 1 fully saturated rings. The molecule has 36 heavy (non-hydrogen) atoms. The molecule has 3 atom stereocenters. The molecule has 0 spiro atoms. The van der Waals surface area contributed by atoms with Crippen LogP contribution in [0, 0.1) is 5.92 Å². The quantitative estimate of drug-likeness (QED) is 0.641. The van der Waals surface area contributed by atoms with Gasteiger partial charge in [-0.15, -0.1) is 0 Å². The van der Waals surface area contributed by atoms with Crippen molar-refractivity contribution in [3.63, 3.8) is 0 Å². The molecule has 2 heterocycles. The summed E-state index contributed by atoms with van der Waals surface area (Å²) >= 11 is 0. The smallest absolute Gasteiger partial charge is 0.414 e. The number of nitrogens with zero attached hydrogens (tertiary/aromatic N) is 2. The lowest BCUT2D eigenvalue weighted by molar-refractivity contribution is -0.135. The van der Waals surface area contributed by atoms with Crippen LogP contribution in [0.15, 0.2) is 36.0 Å². The highest BCUT2D eigenvalue weighted by Crippen LogP contribution is 2.33. The first kappa shape index (κ1) is 27.7. The highest BCUT2D eigenvalue weighted by atomic mass is 16.6. The molecule has 0 radical (unpaired) electrons. The van der Waals surface area contributed by atoms with Crippen molar-refractivity contribution in [2.24, 2.45) is 5.92 Å². The van der Waals surface area contributed by atoms with Crippen molar-refractivity contribution in [1.82, 2.24) is 15.1 Å². The zero-order chi connectivity index (χ0) is 27.0. The summed E-state index contributed by atoms with van der Waals surface area (Å²) in [4.78, 5) is 42.4. The number of amides is 3. The largest absolute Gasteiger partial charge is 0.443 e. The maximum atomic E-state index is 13.7. The third-order valence-electron chi connectivity index (χ3n) is 6.40. The minimum Gasteiger partial charge on any atom is -0.443 e. The summed E-state index contributed by atoms with van der Waals surface area (Å²) in [7, 11) is 0. The number of hydrogen-bond donors (Lipinski definition) is 2. The molecule has 198 valence electrons. The van der Waals surface area contributed by atoms with Crippen LogP contribution in [0.1, 0.15) is 77.7 Å². The second kappa shape index (κ2) is 10.2. The number of aliphatic hydroxyl groups excluding tert-OH is 1. The summed E-state index contributed by atoms with van der Waals surface area (Å²) < 4.78 is 5.48. The summed E-state index contributed by atoms with van der Waals surface area (Å²) in [5.74, 6) is -0.432. The van der Waals surface area contributed by atoms with Gasteiger partial charge >= 0.3 is 6.09 Å². The number of benzene rings is 1. The third kappa shape index (κ3) is 6.27. The summed E-state index contributed by atoms with van der Waals surface area (Å²) in [6.07, 6.45) is 0.753. The Hall–Kier alpha value is -2.87. The van der Waals surface area contributed by atoms with E-state index >= 15 is 0 Å². The molecule has 1 aromatic carbocycles. The number of carbonyl (C=O) groups is 3. The van der Waals surface area contributed by atoms with Crippen molar-refractivity contribution in [2.75, 3.05) is 13.1 Å². The SMILES string of the molecule is CC(C)C[C@H](NC(=O)c1ccc(C(C)(C)C)cc1)C(=O)N1CC=C2C1C(O)CN2C(=O)OC(C)(C)C. The van der Waals surface area contributed by atoms with E-state index in [2.05, 4.69) is 26.1 Å². The van der Waals surface area contributed by atoms with Gasteiger partial charge in [0.25, 0.3) is 5.91 Å². The van der Waals surface area contributed by atoms with Crippen LogP contribution in [-0.2, 0) is 14.9 Å². The van der Waals surface area contributed by atoms with Crippen LogP contribution in [-0.4, -0.2) is 69.7 Å². The standard InChI is InChI=1S/C28H41N3O5/c1-17(2)15-20(29-24(33)18-9-11-19(12-10-18)27(3,4)5)25(34)30-14-13-21-23(30)22(32)16-31(21)26(35)36-28(6,7)8/h9-13,17,20,22-23,32H,14-16H2,1-8H3,(H,29,33)/t20-,22?,23?/m0/s1. The number of nitrogens with one attached hydrogen (secondary N) is 1. The number of rotatable bonds is 5. The number of hydrogen-bond acceptors (Lipinski definition) is 5. The molecule has 3 rings (SSSR count). The number of carbonyl (C=O) groups excluding carboxylic acids is 3. The lowest BCUT2D eigenvalue weighted by atomic mass is 9.86. The minimum absolute atomic E-state index is 0.0269. The van der Waals surface area contributed by atoms with Crippen molar-refractivity contribution >= 4 is 17.9 Å². The van der Waals surface area contributed by atoms with Crippen molar-refractivity contribution in [3.8, 4) is 0 Å². The summed E-state index contributed by atoms with van der Waals surface area (Å²) in [5, 5.41) is 13.7. The van der Waals surface area contributed by atoms with Crippen LogP contribution in [0.2, 0.25) is 0 Å². The molecule has 2 aliphatic rings. The zero-order valence-electron chi connectivity index (χ0n) is 22.8. The van der Waals surface area contributed by atoms with Crippen molar-refractivity contribution in [1.29, 1.82) is 0 Å². The van der Waals surface area contributed by atoms with Crippen LogP contribution in [0.4, 0.5) is 4.79 Å². The Bertz CT molecular complexity index is 1020.